The summed E-state index contributed by atoms with van der Waals surface area (Å²) in [6.07, 6.45) is 0.978. The summed E-state index contributed by atoms with van der Waals surface area (Å²) in [4.78, 5) is 26.4. The predicted octanol–water partition coefficient (Wildman–Crippen LogP) is 2.47. The molecule has 7 nitrogen and oxygen atoms in total. The number of hydrogen-bond donors (Lipinski definition) is 1. The highest BCUT2D eigenvalue weighted by Gasteiger charge is 2.18. The third kappa shape index (κ3) is 5.32. The van der Waals surface area contributed by atoms with Gasteiger partial charge in [0.25, 0.3) is 0 Å². The summed E-state index contributed by atoms with van der Waals surface area (Å²) >= 11 is 0. The molecule has 1 aromatic heterocycles. The van der Waals surface area contributed by atoms with Gasteiger partial charge >= 0.3 is 0 Å². The van der Waals surface area contributed by atoms with Crippen molar-refractivity contribution in [2.75, 3.05) is 25.5 Å². The molecule has 0 unspecified atom stereocenters. The molecule has 0 spiro atoms. The van der Waals surface area contributed by atoms with Crippen LogP contribution in [-0.2, 0) is 23.1 Å². The highest BCUT2D eigenvalue weighted by molar-refractivity contribution is 5.94. The van der Waals surface area contributed by atoms with E-state index in [4.69, 9.17) is 4.74 Å². The maximum Gasteiger partial charge on any atom is 0.243 e. The van der Waals surface area contributed by atoms with Crippen molar-refractivity contribution in [1.82, 2.24) is 14.7 Å². The Morgan fingerprint density at radius 2 is 2.04 bits per heavy atom. The van der Waals surface area contributed by atoms with E-state index in [9.17, 15) is 9.59 Å². The zero-order valence-electron chi connectivity index (χ0n) is 16.7. The number of rotatable bonds is 8. The molecular weight excluding hydrogens is 344 g/mol. The minimum absolute atomic E-state index is 0.0253. The van der Waals surface area contributed by atoms with E-state index in [0.29, 0.717) is 30.8 Å². The van der Waals surface area contributed by atoms with Crippen molar-refractivity contribution in [1.29, 1.82) is 0 Å². The van der Waals surface area contributed by atoms with Gasteiger partial charge in [-0.15, -0.1) is 0 Å². The fourth-order valence-electron chi connectivity index (χ4n) is 3.02. The lowest BCUT2D eigenvalue weighted by molar-refractivity contribution is -0.134. The zero-order valence-corrected chi connectivity index (χ0v) is 16.7. The summed E-state index contributed by atoms with van der Waals surface area (Å²) in [5.41, 5.74) is 3.76. The van der Waals surface area contributed by atoms with Crippen LogP contribution in [0.1, 0.15) is 30.3 Å². The maximum atomic E-state index is 12.6. The SMILES string of the molecule is CCN(CC(=O)Nc1cccc(OC)c1)C(=O)CCc1c(C)nn(C)c1C. The molecule has 1 N–H and O–H groups in total. The number of aromatic nitrogens is 2. The maximum absolute atomic E-state index is 12.6. The lowest BCUT2D eigenvalue weighted by Crippen LogP contribution is -2.38. The van der Waals surface area contributed by atoms with Crippen molar-refractivity contribution in [2.45, 2.75) is 33.6 Å². The number of carbonyl (C=O) groups excluding carboxylic acids is 2. The van der Waals surface area contributed by atoms with Crippen LogP contribution in [0.3, 0.4) is 0 Å². The van der Waals surface area contributed by atoms with E-state index >= 15 is 0 Å². The number of ether oxygens (including phenoxy) is 1. The third-order valence-electron chi connectivity index (χ3n) is 4.67. The van der Waals surface area contributed by atoms with Gasteiger partial charge in [-0.05, 0) is 44.9 Å². The smallest absolute Gasteiger partial charge is 0.243 e. The Kier molecular flexibility index (Phi) is 6.98. The number of methoxy groups -OCH3 is 1. The first-order valence-corrected chi connectivity index (χ1v) is 9.06. The normalized spacial score (nSPS) is 10.6. The van der Waals surface area contributed by atoms with Crippen LogP contribution >= 0.6 is 0 Å². The molecule has 2 amide bonds. The van der Waals surface area contributed by atoms with Gasteiger partial charge in [-0.2, -0.15) is 5.10 Å². The topological polar surface area (TPSA) is 76.5 Å². The molecule has 0 fully saturated rings. The second-order valence-corrected chi connectivity index (χ2v) is 6.46. The average molecular weight is 372 g/mol. The van der Waals surface area contributed by atoms with Crippen molar-refractivity contribution >= 4 is 17.5 Å². The number of nitrogens with zero attached hydrogens (tertiary/aromatic N) is 3. The fraction of sp³-hybridized carbons (Fsp3) is 0.450. The molecule has 2 aromatic rings. The van der Waals surface area contributed by atoms with Gasteiger partial charge in [-0.3, -0.25) is 14.3 Å². The van der Waals surface area contributed by atoms with E-state index in [1.807, 2.05) is 32.5 Å². The molecule has 27 heavy (non-hydrogen) atoms. The van der Waals surface area contributed by atoms with Crippen LogP contribution in [0.25, 0.3) is 0 Å². The molecule has 7 heteroatoms. The van der Waals surface area contributed by atoms with Crippen molar-refractivity contribution in [3.8, 4) is 5.75 Å². The summed E-state index contributed by atoms with van der Waals surface area (Å²) in [6.45, 7) is 6.33. The number of aryl methyl sites for hydroxylation is 2. The van der Waals surface area contributed by atoms with E-state index in [2.05, 4.69) is 10.4 Å². The summed E-state index contributed by atoms with van der Waals surface area (Å²) in [6, 6.07) is 7.13. The molecule has 0 aliphatic rings. The van der Waals surface area contributed by atoms with Crippen molar-refractivity contribution in [3.63, 3.8) is 0 Å². The Labute approximate surface area is 160 Å². The summed E-state index contributed by atoms with van der Waals surface area (Å²) in [5, 5.41) is 7.19. The molecule has 0 aliphatic heterocycles. The van der Waals surface area contributed by atoms with Crippen LogP contribution in [0.4, 0.5) is 5.69 Å². The molecule has 1 heterocycles. The van der Waals surface area contributed by atoms with Crippen LogP contribution in [0.2, 0.25) is 0 Å². The molecular formula is C20H28N4O3. The Morgan fingerprint density at radius 1 is 1.30 bits per heavy atom. The number of amides is 2. The number of hydrogen-bond acceptors (Lipinski definition) is 4. The second kappa shape index (κ2) is 9.21. The Bertz CT molecular complexity index is 814. The van der Waals surface area contributed by atoms with Gasteiger partial charge in [-0.25, -0.2) is 0 Å². The van der Waals surface area contributed by atoms with E-state index in [-0.39, 0.29) is 18.4 Å². The third-order valence-corrected chi connectivity index (χ3v) is 4.67. The summed E-state index contributed by atoms with van der Waals surface area (Å²) < 4.78 is 6.98. The molecule has 0 saturated heterocycles. The molecule has 146 valence electrons. The largest absolute Gasteiger partial charge is 0.497 e. The van der Waals surface area contributed by atoms with Crippen molar-refractivity contribution in [3.05, 3.63) is 41.2 Å². The number of carbonyl (C=O) groups is 2. The van der Waals surface area contributed by atoms with E-state index < -0.39 is 0 Å². The molecule has 0 atom stereocenters. The molecule has 0 bridgehead atoms. The highest BCUT2D eigenvalue weighted by atomic mass is 16.5. The van der Waals surface area contributed by atoms with Gasteiger partial charge in [0, 0.05) is 37.5 Å². The molecule has 2 rings (SSSR count). The van der Waals surface area contributed by atoms with Gasteiger partial charge in [0.15, 0.2) is 0 Å². The van der Waals surface area contributed by atoms with Crippen molar-refractivity contribution < 1.29 is 14.3 Å². The number of anilines is 1. The molecule has 0 saturated carbocycles. The number of nitrogens with one attached hydrogen (secondary N) is 1. The average Bonchev–Trinajstić information content (AvgIpc) is 2.89. The van der Waals surface area contributed by atoms with Crippen LogP contribution in [-0.4, -0.2) is 46.7 Å². The van der Waals surface area contributed by atoms with E-state index in [0.717, 1.165) is 17.0 Å². The zero-order chi connectivity index (χ0) is 20.0. The second-order valence-electron chi connectivity index (χ2n) is 6.46. The van der Waals surface area contributed by atoms with Gasteiger partial charge in [-0.1, -0.05) is 6.07 Å². The standard InChI is InChI=1S/C20H28N4O3/c1-6-24(13-19(25)21-16-8-7-9-17(12-16)27-5)20(26)11-10-18-14(2)22-23(4)15(18)3/h7-9,12H,6,10-11,13H2,1-5H3,(H,21,25). The number of benzene rings is 1. The first-order valence-electron chi connectivity index (χ1n) is 9.06. The first kappa shape index (κ1) is 20.5. The fourth-order valence-corrected chi connectivity index (χ4v) is 3.02. The van der Waals surface area contributed by atoms with Gasteiger partial charge in [0.1, 0.15) is 5.75 Å². The lowest BCUT2D eigenvalue weighted by atomic mass is 10.1. The van der Waals surface area contributed by atoms with Gasteiger partial charge in [0.05, 0.1) is 19.3 Å². The van der Waals surface area contributed by atoms with E-state index in [1.165, 1.54) is 0 Å². The Morgan fingerprint density at radius 3 is 2.63 bits per heavy atom. The Balaban J connectivity index is 1.92. The quantitative estimate of drug-likeness (QED) is 0.772. The van der Waals surface area contributed by atoms with Gasteiger partial charge < -0.3 is 15.0 Å². The van der Waals surface area contributed by atoms with Crippen LogP contribution < -0.4 is 10.1 Å². The predicted molar refractivity (Wildman–Crippen MR) is 105 cm³/mol. The highest BCUT2D eigenvalue weighted by Crippen LogP contribution is 2.17. The minimum Gasteiger partial charge on any atom is -0.497 e. The number of likely N-dealkylation sites (N-methyl/N-ethyl adjacent to an activating group) is 1. The van der Waals surface area contributed by atoms with Gasteiger partial charge in [0.2, 0.25) is 11.8 Å². The van der Waals surface area contributed by atoms with Crippen molar-refractivity contribution in [2.24, 2.45) is 7.05 Å². The molecule has 1 aromatic carbocycles. The minimum atomic E-state index is -0.229. The Hall–Kier alpha value is -2.83. The first-order chi connectivity index (χ1) is 12.8. The van der Waals surface area contributed by atoms with Crippen LogP contribution in [0.15, 0.2) is 24.3 Å². The van der Waals surface area contributed by atoms with Crippen LogP contribution in [0, 0.1) is 13.8 Å². The molecule has 0 aliphatic carbocycles. The summed E-state index contributed by atoms with van der Waals surface area (Å²) in [7, 11) is 3.47. The molecule has 0 radical (unpaired) electrons. The van der Waals surface area contributed by atoms with Crippen LogP contribution in [0.5, 0.6) is 5.75 Å². The monoisotopic (exact) mass is 372 g/mol. The van der Waals surface area contributed by atoms with E-state index in [1.54, 1.807) is 36.3 Å². The summed E-state index contributed by atoms with van der Waals surface area (Å²) in [5.74, 6) is 0.395. The lowest BCUT2D eigenvalue weighted by Gasteiger charge is -2.20.